The normalized spacial score (nSPS) is 10.6. The fourth-order valence-corrected chi connectivity index (χ4v) is 2.96. The number of rotatable bonds is 2. The Morgan fingerprint density at radius 2 is 1.96 bits per heavy atom. The van der Waals surface area contributed by atoms with Crippen LogP contribution in [0, 0.1) is 0 Å². The van der Waals surface area contributed by atoms with Crippen LogP contribution in [-0.4, -0.2) is 23.0 Å². The number of aromatic nitrogens is 2. The number of methoxy groups -OCH3 is 1. The van der Waals surface area contributed by atoms with Gasteiger partial charge in [-0.15, -0.1) is 0 Å². The van der Waals surface area contributed by atoms with Gasteiger partial charge in [-0.25, -0.2) is 0 Å². The number of H-pyrrole nitrogens is 1. The van der Waals surface area contributed by atoms with E-state index in [1.54, 1.807) is 25.6 Å². The van der Waals surface area contributed by atoms with Crippen molar-refractivity contribution in [2.75, 3.05) is 7.11 Å². The summed E-state index contributed by atoms with van der Waals surface area (Å²) in [6, 6.07) is 9.44. The minimum Gasteiger partial charge on any atom is -0.497 e. The van der Waals surface area contributed by atoms with Crippen molar-refractivity contribution < 1.29 is 9.53 Å². The summed E-state index contributed by atoms with van der Waals surface area (Å²) in [6.07, 6.45) is 3.46. The summed E-state index contributed by atoms with van der Waals surface area (Å²) in [5, 5.41) is 3.67. The SMILES string of the molecule is CC.COc1ccc2c(c1)[nH]c1c3ccncc3cc(C(N)=O)c21. The highest BCUT2D eigenvalue weighted by molar-refractivity contribution is 6.24. The molecule has 2 aromatic carbocycles. The van der Waals surface area contributed by atoms with Gasteiger partial charge in [-0.1, -0.05) is 13.8 Å². The zero-order chi connectivity index (χ0) is 17.3. The van der Waals surface area contributed by atoms with Crippen LogP contribution in [0.4, 0.5) is 0 Å². The molecule has 0 aliphatic carbocycles. The van der Waals surface area contributed by atoms with Crippen LogP contribution in [0.5, 0.6) is 5.75 Å². The van der Waals surface area contributed by atoms with Gasteiger partial charge in [0, 0.05) is 45.6 Å². The number of pyridine rings is 1. The van der Waals surface area contributed by atoms with Crippen molar-refractivity contribution >= 4 is 38.5 Å². The second-order valence-corrected chi connectivity index (χ2v) is 5.17. The van der Waals surface area contributed by atoms with Gasteiger partial charge in [0.25, 0.3) is 0 Å². The highest BCUT2D eigenvalue weighted by Crippen LogP contribution is 2.35. The number of nitrogens with zero attached hydrogens (tertiary/aromatic N) is 1. The smallest absolute Gasteiger partial charge is 0.249 e. The number of carbonyl (C=O) groups is 1. The fourth-order valence-electron chi connectivity index (χ4n) is 2.96. The second-order valence-electron chi connectivity index (χ2n) is 5.17. The first kappa shape index (κ1) is 15.8. The Kier molecular flexibility index (Phi) is 4.08. The van der Waals surface area contributed by atoms with Gasteiger partial charge in [-0.3, -0.25) is 9.78 Å². The standard InChI is InChI=1S/C17H13N3O2.C2H6/c1-22-10-2-3-12-14(7-10)20-16-11-4-5-19-8-9(11)6-13(15(12)16)17(18)21;1-2/h2-8,20H,1H3,(H2,18,21);1-2H3. The lowest BCUT2D eigenvalue weighted by atomic mass is 10.0. The number of ether oxygens (including phenoxy) is 1. The highest BCUT2D eigenvalue weighted by atomic mass is 16.5. The van der Waals surface area contributed by atoms with E-state index >= 15 is 0 Å². The van der Waals surface area contributed by atoms with E-state index in [4.69, 9.17) is 10.5 Å². The summed E-state index contributed by atoms with van der Waals surface area (Å²) in [5.74, 6) is 0.304. The van der Waals surface area contributed by atoms with E-state index < -0.39 is 5.91 Å². The number of nitrogens with one attached hydrogen (secondary N) is 1. The lowest BCUT2D eigenvalue weighted by Gasteiger charge is -2.04. The van der Waals surface area contributed by atoms with E-state index in [1.807, 2.05) is 38.1 Å². The Hall–Kier alpha value is -3.08. The van der Waals surface area contributed by atoms with Crippen LogP contribution in [0.2, 0.25) is 0 Å². The molecular weight excluding hydrogens is 302 g/mol. The Morgan fingerprint density at radius 3 is 2.67 bits per heavy atom. The molecule has 122 valence electrons. The molecule has 5 nitrogen and oxygen atoms in total. The van der Waals surface area contributed by atoms with Crippen LogP contribution < -0.4 is 10.5 Å². The van der Waals surface area contributed by atoms with Crippen molar-refractivity contribution in [3.05, 3.63) is 48.3 Å². The third-order valence-electron chi connectivity index (χ3n) is 3.96. The summed E-state index contributed by atoms with van der Waals surface area (Å²) < 4.78 is 5.26. The third-order valence-corrected chi connectivity index (χ3v) is 3.96. The molecule has 3 N–H and O–H groups in total. The average Bonchev–Trinajstić information content (AvgIpc) is 3.01. The molecule has 0 aliphatic heterocycles. The number of hydrogen-bond donors (Lipinski definition) is 2. The quantitative estimate of drug-likeness (QED) is 0.585. The van der Waals surface area contributed by atoms with E-state index in [0.717, 1.165) is 38.3 Å². The lowest BCUT2D eigenvalue weighted by molar-refractivity contribution is 0.100. The largest absolute Gasteiger partial charge is 0.497 e. The summed E-state index contributed by atoms with van der Waals surface area (Å²) >= 11 is 0. The first-order valence-corrected chi connectivity index (χ1v) is 7.85. The van der Waals surface area contributed by atoms with Gasteiger partial charge in [-0.2, -0.15) is 0 Å². The van der Waals surface area contributed by atoms with Gasteiger partial charge in [-0.05, 0) is 24.3 Å². The van der Waals surface area contributed by atoms with Crippen molar-refractivity contribution in [1.82, 2.24) is 9.97 Å². The molecule has 2 aromatic heterocycles. The molecule has 24 heavy (non-hydrogen) atoms. The van der Waals surface area contributed by atoms with Gasteiger partial charge >= 0.3 is 0 Å². The average molecular weight is 321 g/mol. The predicted molar refractivity (Wildman–Crippen MR) is 97.5 cm³/mol. The lowest BCUT2D eigenvalue weighted by Crippen LogP contribution is -2.11. The van der Waals surface area contributed by atoms with Gasteiger partial charge in [0.05, 0.1) is 18.1 Å². The first-order chi connectivity index (χ1) is 11.7. The van der Waals surface area contributed by atoms with Crippen molar-refractivity contribution in [1.29, 1.82) is 0 Å². The van der Waals surface area contributed by atoms with Gasteiger partial charge < -0.3 is 15.5 Å². The topological polar surface area (TPSA) is 81.0 Å². The van der Waals surface area contributed by atoms with Crippen molar-refractivity contribution in [3.8, 4) is 5.75 Å². The molecule has 0 saturated heterocycles. The molecule has 0 fully saturated rings. The molecule has 0 atom stereocenters. The fraction of sp³-hybridized carbons (Fsp3) is 0.158. The van der Waals surface area contributed by atoms with Crippen molar-refractivity contribution in [2.45, 2.75) is 13.8 Å². The number of nitrogens with two attached hydrogens (primary N) is 1. The molecule has 0 unspecified atom stereocenters. The number of amides is 1. The molecule has 4 rings (SSSR count). The number of benzene rings is 2. The maximum Gasteiger partial charge on any atom is 0.249 e. The molecule has 0 saturated carbocycles. The number of aromatic amines is 1. The predicted octanol–water partition coefficient (Wildman–Crippen LogP) is 4.00. The summed E-state index contributed by atoms with van der Waals surface area (Å²) in [7, 11) is 1.62. The number of carbonyl (C=O) groups excluding carboxylic acids is 1. The summed E-state index contributed by atoms with van der Waals surface area (Å²) in [5.41, 5.74) is 7.86. The zero-order valence-electron chi connectivity index (χ0n) is 13.9. The zero-order valence-corrected chi connectivity index (χ0v) is 13.9. The molecule has 4 aromatic rings. The number of primary amides is 1. The minimum atomic E-state index is -0.451. The van der Waals surface area contributed by atoms with Crippen LogP contribution in [-0.2, 0) is 0 Å². The van der Waals surface area contributed by atoms with E-state index in [1.165, 1.54) is 0 Å². The Morgan fingerprint density at radius 1 is 1.17 bits per heavy atom. The second kappa shape index (κ2) is 6.20. The molecule has 0 radical (unpaired) electrons. The monoisotopic (exact) mass is 321 g/mol. The third kappa shape index (κ3) is 2.34. The van der Waals surface area contributed by atoms with E-state index in [9.17, 15) is 4.79 Å². The number of hydrogen-bond acceptors (Lipinski definition) is 3. The summed E-state index contributed by atoms with van der Waals surface area (Å²) in [4.78, 5) is 19.4. The van der Waals surface area contributed by atoms with E-state index in [0.29, 0.717) is 5.56 Å². The maximum atomic E-state index is 11.9. The highest BCUT2D eigenvalue weighted by Gasteiger charge is 2.16. The van der Waals surface area contributed by atoms with Crippen LogP contribution in [0.15, 0.2) is 42.7 Å². The van der Waals surface area contributed by atoms with E-state index in [2.05, 4.69) is 9.97 Å². The molecule has 0 aliphatic rings. The first-order valence-electron chi connectivity index (χ1n) is 7.85. The molecule has 0 spiro atoms. The van der Waals surface area contributed by atoms with Crippen LogP contribution in [0.1, 0.15) is 24.2 Å². The van der Waals surface area contributed by atoms with Gasteiger partial charge in [0.2, 0.25) is 5.91 Å². The van der Waals surface area contributed by atoms with Crippen molar-refractivity contribution in [2.24, 2.45) is 5.73 Å². The van der Waals surface area contributed by atoms with Gasteiger partial charge in [0.1, 0.15) is 5.75 Å². The summed E-state index contributed by atoms with van der Waals surface area (Å²) in [6.45, 7) is 4.00. The van der Waals surface area contributed by atoms with Crippen LogP contribution in [0.3, 0.4) is 0 Å². The molecule has 0 bridgehead atoms. The Labute approximate surface area is 139 Å². The Bertz CT molecular complexity index is 1050. The van der Waals surface area contributed by atoms with E-state index in [-0.39, 0.29) is 0 Å². The Balaban J connectivity index is 0.000000815. The minimum absolute atomic E-state index is 0.451. The molecule has 2 heterocycles. The number of fused-ring (bicyclic) bond motifs is 5. The molecule has 1 amide bonds. The maximum absolute atomic E-state index is 11.9. The van der Waals surface area contributed by atoms with Crippen LogP contribution >= 0.6 is 0 Å². The van der Waals surface area contributed by atoms with Crippen molar-refractivity contribution in [3.63, 3.8) is 0 Å². The van der Waals surface area contributed by atoms with Gasteiger partial charge in [0.15, 0.2) is 0 Å². The van der Waals surface area contributed by atoms with Crippen LogP contribution in [0.25, 0.3) is 32.6 Å². The molecular formula is C19H19N3O2. The molecule has 5 heteroatoms.